The minimum Gasteiger partial charge on any atom is -0.481 e. The summed E-state index contributed by atoms with van der Waals surface area (Å²) in [4.78, 5) is 23.7. The summed E-state index contributed by atoms with van der Waals surface area (Å²) in [7, 11) is 0. The van der Waals surface area contributed by atoms with Crippen molar-refractivity contribution >= 4 is 40.8 Å². The van der Waals surface area contributed by atoms with Crippen molar-refractivity contribution in [1.29, 1.82) is 0 Å². The van der Waals surface area contributed by atoms with E-state index in [1.54, 1.807) is 12.1 Å². The molecule has 0 aliphatic carbocycles. The van der Waals surface area contributed by atoms with Crippen LogP contribution in [0.15, 0.2) is 18.2 Å². The molecule has 0 spiro atoms. The number of ether oxygens (including phenoxy) is 1. The quantitative estimate of drug-likeness (QED) is 0.894. The SMILES string of the molecule is O=C(O)[C@H]1[C@H](C(=O)Nc2ccc(Cl)c(Cl)c2)[C@H]2CC[C@H]1O2. The molecule has 0 aromatic heterocycles. The van der Waals surface area contributed by atoms with Crippen LogP contribution in [-0.4, -0.2) is 29.2 Å². The number of anilines is 1. The fourth-order valence-corrected chi connectivity index (χ4v) is 3.42. The van der Waals surface area contributed by atoms with E-state index in [-0.39, 0.29) is 18.1 Å². The molecule has 4 atom stereocenters. The van der Waals surface area contributed by atoms with E-state index in [0.29, 0.717) is 28.6 Å². The molecular formula is C14H13Cl2NO4. The lowest BCUT2D eigenvalue weighted by Crippen LogP contribution is -2.40. The first-order valence-corrected chi connectivity index (χ1v) is 7.37. The molecule has 0 unspecified atom stereocenters. The monoisotopic (exact) mass is 329 g/mol. The molecule has 2 aliphatic heterocycles. The summed E-state index contributed by atoms with van der Waals surface area (Å²) in [6, 6.07) is 4.73. The number of benzene rings is 1. The highest BCUT2D eigenvalue weighted by atomic mass is 35.5. The predicted octanol–water partition coefficient (Wildman–Crippen LogP) is 2.81. The highest BCUT2D eigenvalue weighted by Crippen LogP contribution is 2.44. The molecule has 2 heterocycles. The molecule has 1 amide bonds. The number of rotatable bonds is 3. The van der Waals surface area contributed by atoms with Gasteiger partial charge >= 0.3 is 5.97 Å². The van der Waals surface area contributed by atoms with Crippen LogP contribution >= 0.6 is 23.2 Å². The van der Waals surface area contributed by atoms with E-state index in [0.717, 1.165) is 0 Å². The van der Waals surface area contributed by atoms with Crippen molar-refractivity contribution in [3.05, 3.63) is 28.2 Å². The van der Waals surface area contributed by atoms with Crippen molar-refractivity contribution < 1.29 is 19.4 Å². The van der Waals surface area contributed by atoms with E-state index in [1.165, 1.54) is 6.07 Å². The fourth-order valence-electron chi connectivity index (χ4n) is 3.12. The van der Waals surface area contributed by atoms with E-state index in [2.05, 4.69) is 5.32 Å². The number of hydrogen-bond donors (Lipinski definition) is 2. The second-order valence-corrected chi connectivity index (χ2v) is 6.11. The molecule has 112 valence electrons. The topological polar surface area (TPSA) is 75.6 Å². The van der Waals surface area contributed by atoms with Gasteiger partial charge in [-0.1, -0.05) is 23.2 Å². The van der Waals surface area contributed by atoms with Crippen molar-refractivity contribution in [1.82, 2.24) is 0 Å². The predicted molar refractivity (Wildman–Crippen MR) is 77.6 cm³/mol. The number of carbonyl (C=O) groups excluding carboxylic acids is 1. The summed E-state index contributed by atoms with van der Waals surface area (Å²) in [5.74, 6) is -2.80. The standard InChI is InChI=1S/C14H13Cl2NO4/c15-7-2-1-6(5-8(7)16)17-13(18)11-9-3-4-10(21-9)12(11)14(19)20/h1-2,5,9-12H,3-4H2,(H,17,18)(H,19,20)/t9-,10-,11-,12-/m1/s1. The Kier molecular flexibility index (Phi) is 3.82. The number of amides is 1. The van der Waals surface area contributed by atoms with Gasteiger partial charge in [-0.2, -0.15) is 0 Å². The van der Waals surface area contributed by atoms with Crippen LogP contribution in [0.25, 0.3) is 0 Å². The molecule has 21 heavy (non-hydrogen) atoms. The number of carbonyl (C=O) groups is 2. The maximum absolute atomic E-state index is 12.4. The molecule has 2 saturated heterocycles. The molecule has 2 aliphatic rings. The van der Waals surface area contributed by atoms with Crippen LogP contribution in [0.5, 0.6) is 0 Å². The molecule has 2 fully saturated rings. The highest BCUT2D eigenvalue weighted by Gasteiger charge is 2.55. The first-order chi connectivity index (χ1) is 9.97. The first kappa shape index (κ1) is 14.6. The summed E-state index contributed by atoms with van der Waals surface area (Å²) in [6.07, 6.45) is 0.724. The van der Waals surface area contributed by atoms with Gasteiger partial charge in [-0.3, -0.25) is 9.59 Å². The zero-order valence-electron chi connectivity index (χ0n) is 10.9. The third-order valence-electron chi connectivity index (χ3n) is 4.05. The zero-order chi connectivity index (χ0) is 15.1. The largest absolute Gasteiger partial charge is 0.481 e. The highest BCUT2D eigenvalue weighted by molar-refractivity contribution is 6.42. The molecule has 0 saturated carbocycles. The van der Waals surface area contributed by atoms with Crippen LogP contribution < -0.4 is 5.32 Å². The van der Waals surface area contributed by atoms with Crippen LogP contribution in [0, 0.1) is 11.8 Å². The molecular weight excluding hydrogens is 317 g/mol. The van der Waals surface area contributed by atoms with Gasteiger partial charge in [0.25, 0.3) is 0 Å². The number of carboxylic acid groups (broad SMARTS) is 1. The van der Waals surface area contributed by atoms with E-state index in [1.807, 2.05) is 0 Å². The Bertz CT molecular complexity index is 607. The van der Waals surface area contributed by atoms with Crippen molar-refractivity contribution in [2.75, 3.05) is 5.32 Å². The van der Waals surface area contributed by atoms with Crippen molar-refractivity contribution in [2.45, 2.75) is 25.0 Å². The lowest BCUT2D eigenvalue weighted by molar-refractivity contribution is -0.147. The molecule has 1 aromatic carbocycles. The lowest BCUT2D eigenvalue weighted by atomic mass is 9.78. The number of fused-ring (bicyclic) bond motifs is 2. The first-order valence-electron chi connectivity index (χ1n) is 6.61. The number of halogens is 2. The molecule has 2 bridgehead atoms. The van der Waals surface area contributed by atoms with Gasteiger partial charge in [0.1, 0.15) is 0 Å². The van der Waals surface area contributed by atoms with Gasteiger partial charge in [0.15, 0.2) is 0 Å². The van der Waals surface area contributed by atoms with Crippen molar-refractivity contribution in [2.24, 2.45) is 11.8 Å². The summed E-state index contributed by atoms with van der Waals surface area (Å²) >= 11 is 11.7. The van der Waals surface area contributed by atoms with Crippen LogP contribution in [0.4, 0.5) is 5.69 Å². The smallest absolute Gasteiger partial charge is 0.310 e. The molecule has 7 heteroatoms. The summed E-state index contributed by atoms with van der Waals surface area (Å²) in [6.45, 7) is 0. The average molecular weight is 330 g/mol. The second kappa shape index (κ2) is 5.48. The van der Waals surface area contributed by atoms with Gasteiger partial charge in [-0.15, -0.1) is 0 Å². The third-order valence-corrected chi connectivity index (χ3v) is 4.79. The minimum atomic E-state index is -0.989. The van der Waals surface area contributed by atoms with Crippen molar-refractivity contribution in [3.63, 3.8) is 0 Å². The van der Waals surface area contributed by atoms with E-state index < -0.39 is 17.8 Å². The third kappa shape index (κ3) is 2.61. The van der Waals surface area contributed by atoms with Crippen LogP contribution in [0.2, 0.25) is 10.0 Å². The van der Waals surface area contributed by atoms with Gasteiger partial charge in [0.05, 0.1) is 34.1 Å². The number of aliphatic carboxylic acids is 1. The maximum atomic E-state index is 12.4. The lowest BCUT2D eigenvalue weighted by Gasteiger charge is -2.23. The van der Waals surface area contributed by atoms with Gasteiger partial charge in [0, 0.05) is 5.69 Å². The zero-order valence-corrected chi connectivity index (χ0v) is 12.4. The Morgan fingerprint density at radius 1 is 1.14 bits per heavy atom. The Hall–Kier alpha value is -1.30. The normalized spacial score (nSPS) is 30.4. The molecule has 2 N–H and O–H groups in total. The van der Waals surface area contributed by atoms with Crippen molar-refractivity contribution in [3.8, 4) is 0 Å². The summed E-state index contributed by atoms with van der Waals surface area (Å²) < 4.78 is 5.57. The average Bonchev–Trinajstić information content (AvgIpc) is 3.03. The van der Waals surface area contributed by atoms with E-state index in [9.17, 15) is 14.7 Å². The Morgan fingerprint density at radius 2 is 1.81 bits per heavy atom. The van der Waals surface area contributed by atoms with Gasteiger partial charge in [-0.05, 0) is 31.0 Å². The molecule has 3 rings (SSSR count). The molecule has 5 nitrogen and oxygen atoms in total. The Morgan fingerprint density at radius 3 is 2.43 bits per heavy atom. The molecule has 1 aromatic rings. The number of carboxylic acids is 1. The summed E-state index contributed by atoms with van der Waals surface area (Å²) in [5, 5.41) is 12.7. The van der Waals surface area contributed by atoms with Gasteiger partial charge < -0.3 is 15.2 Å². The summed E-state index contributed by atoms with van der Waals surface area (Å²) in [5.41, 5.74) is 0.487. The van der Waals surface area contributed by atoms with Gasteiger partial charge in [-0.25, -0.2) is 0 Å². The van der Waals surface area contributed by atoms with Crippen LogP contribution in [0.1, 0.15) is 12.8 Å². The van der Waals surface area contributed by atoms with Crippen LogP contribution in [0.3, 0.4) is 0 Å². The van der Waals surface area contributed by atoms with Crippen LogP contribution in [-0.2, 0) is 14.3 Å². The fraction of sp³-hybridized carbons (Fsp3) is 0.429. The van der Waals surface area contributed by atoms with E-state index in [4.69, 9.17) is 27.9 Å². The van der Waals surface area contributed by atoms with Gasteiger partial charge in [0.2, 0.25) is 5.91 Å². The van der Waals surface area contributed by atoms with E-state index >= 15 is 0 Å². The Balaban J connectivity index is 1.78. The molecule has 0 radical (unpaired) electrons. The number of hydrogen-bond acceptors (Lipinski definition) is 3. The number of nitrogens with one attached hydrogen (secondary N) is 1. The second-order valence-electron chi connectivity index (χ2n) is 5.30. The Labute approximate surface area is 131 Å². The minimum absolute atomic E-state index is 0.320. The maximum Gasteiger partial charge on any atom is 0.310 e.